The molecule has 1 aromatic heterocycles. The number of nitrogens with zero attached hydrogens (tertiary/aromatic N) is 2. The van der Waals surface area contributed by atoms with Crippen molar-refractivity contribution in [3.8, 4) is 22.8 Å². The second-order valence-corrected chi connectivity index (χ2v) is 5.53. The summed E-state index contributed by atoms with van der Waals surface area (Å²) < 4.78 is 0. The summed E-state index contributed by atoms with van der Waals surface area (Å²) >= 11 is 1.14. The lowest BCUT2D eigenvalue weighted by Crippen LogP contribution is -2.39. The quantitative estimate of drug-likeness (QED) is 0.742. The SMILES string of the molecule is CCN(CC)C(=O)C(=O)Nc1nc(-c2ccc(O)cc2O)cs1. The molecule has 0 aliphatic heterocycles. The normalized spacial score (nSPS) is 10.3. The van der Waals surface area contributed by atoms with Crippen molar-refractivity contribution in [1.29, 1.82) is 0 Å². The molecule has 23 heavy (non-hydrogen) atoms. The van der Waals surface area contributed by atoms with Crippen LogP contribution in [0.1, 0.15) is 13.8 Å². The van der Waals surface area contributed by atoms with Gasteiger partial charge in [-0.3, -0.25) is 14.9 Å². The zero-order valence-corrected chi connectivity index (χ0v) is 13.6. The van der Waals surface area contributed by atoms with Crippen LogP contribution in [0.4, 0.5) is 5.13 Å². The van der Waals surface area contributed by atoms with Gasteiger partial charge in [0.05, 0.1) is 5.69 Å². The molecule has 0 bridgehead atoms. The minimum absolute atomic E-state index is 0.0557. The lowest BCUT2D eigenvalue weighted by molar-refractivity contribution is -0.142. The highest BCUT2D eigenvalue weighted by atomic mass is 32.1. The zero-order valence-electron chi connectivity index (χ0n) is 12.7. The van der Waals surface area contributed by atoms with Crippen LogP contribution in [0.15, 0.2) is 23.6 Å². The van der Waals surface area contributed by atoms with Crippen molar-refractivity contribution in [3.05, 3.63) is 23.6 Å². The molecule has 0 fully saturated rings. The minimum Gasteiger partial charge on any atom is -0.508 e. The van der Waals surface area contributed by atoms with Gasteiger partial charge in [0.2, 0.25) is 0 Å². The molecule has 0 aliphatic rings. The summed E-state index contributed by atoms with van der Waals surface area (Å²) in [5.41, 5.74) is 0.868. The largest absolute Gasteiger partial charge is 0.508 e. The van der Waals surface area contributed by atoms with Gasteiger partial charge >= 0.3 is 11.8 Å². The molecule has 7 nitrogen and oxygen atoms in total. The van der Waals surface area contributed by atoms with Crippen LogP contribution < -0.4 is 5.32 Å². The molecule has 0 radical (unpaired) electrons. The average molecular weight is 335 g/mol. The number of aromatic nitrogens is 1. The molecular weight excluding hydrogens is 318 g/mol. The summed E-state index contributed by atoms with van der Waals surface area (Å²) in [5, 5.41) is 23.5. The van der Waals surface area contributed by atoms with E-state index in [1.807, 2.05) is 0 Å². The van der Waals surface area contributed by atoms with Gasteiger partial charge in [-0.25, -0.2) is 4.98 Å². The van der Waals surface area contributed by atoms with Crippen LogP contribution >= 0.6 is 11.3 Å². The van der Waals surface area contributed by atoms with Crippen molar-refractivity contribution in [2.75, 3.05) is 18.4 Å². The number of hydrogen-bond acceptors (Lipinski definition) is 6. The number of phenolic OH excluding ortho intramolecular Hbond substituents is 2. The van der Waals surface area contributed by atoms with E-state index in [2.05, 4.69) is 10.3 Å². The molecule has 0 saturated heterocycles. The maximum atomic E-state index is 11.9. The Morgan fingerprint density at radius 2 is 1.96 bits per heavy atom. The van der Waals surface area contributed by atoms with Crippen LogP contribution in [0.2, 0.25) is 0 Å². The van der Waals surface area contributed by atoms with Crippen LogP contribution in [-0.2, 0) is 9.59 Å². The Morgan fingerprint density at radius 3 is 2.57 bits per heavy atom. The molecule has 1 heterocycles. The van der Waals surface area contributed by atoms with Gasteiger partial charge in [-0.1, -0.05) is 0 Å². The highest BCUT2D eigenvalue weighted by molar-refractivity contribution is 7.14. The molecule has 122 valence electrons. The number of rotatable bonds is 4. The van der Waals surface area contributed by atoms with Crippen LogP contribution in [0, 0.1) is 0 Å². The van der Waals surface area contributed by atoms with Crippen molar-refractivity contribution in [2.45, 2.75) is 13.8 Å². The van der Waals surface area contributed by atoms with Crippen LogP contribution in [-0.4, -0.2) is 45.0 Å². The maximum absolute atomic E-state index is 11.9. The fourth-order valence-corrected chi connectivity index (χ4v) is 2.70. The van der Waals surface area contributed by atoms with E-state index in [0.29, 0.717) is 24.3 Å². The number of anilines is 1. The van der Waals surface area contributed by atoms with E-state index >= 15 is 0 Å². The molecule has 0 unspecified atom stereocenters. The summed E-state index contributed by atoms with van der Waals surface area (Å²) in [7, 11) is 0. The first kappa shape index (κ1) is 16.8. The number of nitrogens with one attached hydrogen (secondary N) is 1. The Labute approximate surface area is 137 Å². The second kappa shape index (κ2) is 7.10. The van der Waals surface area contributed by atoms with Crippen molar-refractivity contribution in [1.82, 2.24) is 9.88 Å². The summed E-state index contributed by atoms with van der Waals surface area (Å²) in [6.45, 7) is 4.49. The van der Waals surface area contributed by atoms with Crippen molar-refractivity contribution < 1.29 is 19.8 Å². The summed E-state index contributed by atoms with van der Waals surface area (Å²) in [5.74, 6) is -1.53. The van der Waals surface area contributed by atoms with Gasteiger partial charge in [0.15, 0.2) is 5.13 Å². The van der Waals surface area contributed by atoms with E-state index < -0.39 is 11.8 Å². The van der Waals surface area contributed by atoms with Crippen molar-refractivity contribution in [2.24, 2.45) is 0 Å². The zero-order chi connectivity index (χ0) is 17.0. The molecule has 8 heteroatoms. The van der Waals surface area contributed by atoms with E-state index in [0.717, 1.165) is 11.3 Å². The molecule has 0 saturated carbocycles. The Bertz CT molecular complexity index is 725. The highest BCUT2D eigenvalue weighted by Gasteiger charge is 2.20. The molecule has 0 atom stereocenters. The van der Waals surface area contributed by atoms with Gasteiger partial charge in [0.25, 0.3) is 0 Å². The van der Waals surface area contributed by atoms with E-state index in [1.54, 1.807) is 19.2 Å². The Morgan fingerprint density at radius 1 is 1.26 bits per heavy atom. The number of aromatic hydroxyl groups is 2. The molecule has 2 rings (SSSR count). The Balaban J connectivity index is 2.13. The molecule has 0 aliphatic carbocycles. The van der Waals surface area contributed by atoms with E-state index in [4.69, 9.17) is 0 Å². The highest BCUT2D eigenvalue weighted by Crippen LogP contribution is 2.33. The van der Waals surface area contributed by atoms with Crippen molar-refractivity contribution >= 4 is 28.3 Å². The second-order valence-electron chi connectivity index (χ2n) is 4.67. The molecule has 3 N–H and O–H groups in total. The fraction of sp³-hybridized carbons (Fsp3) is 0.267. The Hall–Kier alpha value is -2.61. The lowest BCUT2D eigenvalue weighted by atomic mass is 10.1. The molecular formula is C15H17N3O4S. The first-order chi connectivity index (χ1) is 11.0. The number of hydrogen-bond donors (Lipinski definition) is 3. The first-order valence-electron chi connectivity index (χ1n) is 7.04. The molecule has 2 amide bonds. The minimum atomic E-state index is -0.746. The monoisotopic (exact) mass is 335 g/mol. The van der Waals surface area contributed by atoms with Crippen LogP contribution in [0.5, 0.6) is 11.5 Å². The standard InChI is InChI=1S/C15H17N3O4S/c1-3-18(4-2)14(22)13(21)17-15-16-11(8-23-15)10-6-5-9(19)7-12(10)20/h5-8,19-20H,3-4H2,1-2H3,(H,16,17,21). The summed E-state index contributed by atoms with van der Waals surface area (Å²) in [4.78, 5) is 29.4. The number of amides is 2. The van der Waals surface area contributed by atoms with Gasteiger partial charge in [-0.2, -0.15) is 0 Å². The third-order valence-corrected chi connectivity index (χ3v) is 3.98. The van der Waals surface area contributed by atoms with Gasteiger partial charge in [-0.15, -0.1) is 11.3 Å². The van der Waals surface area contributed by atoms with Gasteiger partial charge in [-0.05, 0) is 26.0 Å². The van der Waals surface area contributed by atoms with Gasteiger partial charge in [0.1, 0.15) is 11.5 Å². The van der Waals surface area contributed by atoms with E-state index in [1.165, 1.54) is 23.1 Å². The smallest absolute Gasteiger partial charge is 0.315 e. The molecule has 0 spiro atoms. The third-order valence-electron chi connectivity index (χ3n) is 3.23. The number of benzene rings is 1. The third kappa shape index (κ3) is 3.78. The average Bonchev–Trinajstić information content (AvgIpc) is 2.96. The first-order valence-corrected chi connectivity index (χ1v) is 7.92. The van der Waals surface area contributed by atoms with Crippen LogP contribution in [0.25, 0.3) is 11.3 Å². The van der Waals surface area contributed by atoms with Gasteiger partial charge in [0, 0.05) is 30.1 Å². The predicted octanol–water partition coefficient (Wildman–Crippen LogP) is 2.03. The number of thiazole rings is 1. The number of carbonyl (C=O) groups is 2. The number of phenols is 2. The Kier molecular flexibility index (Phi) is 5.17. The summed E-state index contributed by atoms with van der Waals surface area (Å²) in [6, 6.07) is 4.15. The number of carbonyl (C=O) groups excluding carboxylic acids is 2. The fourth-order valence-electron chi connectivity index (χ4n) is 2.00. The lowest BCUT2D eigenvalue weighted by Gasteiger charge is -2.17. The van der Waals surface area contributed by atoms with E-state index in [9.17, 15) is 19.8 Å². The van der Waals surface area contributed by atoms with Crippen molar-refractivity contribution in [3.63, 3.8) is 0 Å². The maximum Gasteiger partial charge on any atom is 0.315 e. The summed E-state index contributed by atoms with van der Waals surface area (Å²) in [6.07, 6.45) is 0. The van der Waals surface area contributed by atoms with Gasteiger partial charge < -0.3 is 15.1 Å². The van der Waals surface area contributed by atoms with E-state index in [-0.39, 0.29) is 16.6 Å². The molecule has 2 aromatic rings. The topological polar surface area (TPSA) is 103 Å². The van der Waals surface area contributed by atoms with Crippen LogP contribution in [0.3, 0.4) is 0 Å². The number of likely N-dealkylation sites (N-methyl/N-ethyl adjacent to an activating group) is 1. The molecule has 1 aromatic carbocycles. The predicted molar refractivity (Wildman–Crippen MR) is 87.4 cm³/mol.